The van der Waals surface area contributed by atoms with Gasteiger partial charge in [0.1, 0.15) is 0 Å². The molecule has 1 aliphatic heterocycles. The topological polar surface area (TPSA) is 50.6 Å². The van der Waals surface area contributed by atoms with Crippen molar-refractivity contribution in [2.24, 2.45) is 0 Å². The van der Waals surface area contributed by atoms with E-state index in [0.29, 0.717) is 19.2 Å². The Morgan fingerprint density at radius 3 is 3.00 bits per heavy atom. The first-order valence-corrected chi connectivity index (χ1v) is 9.62. The van der Waals surface area contributed by atoms with Gasteiger partial charge < -0.3 is 9.64 Å². The first-order valence-electron chi connectivity index (χ1n) is 9.62. The van der Waals surface area contributed by atoms with Gasteiger partial charge in [-0.25, -0.2) is 0 Å². The van der Waals surface area contributed by atoms with Crippen molar-refractivity contribution in [2.45, 2.75) is 57.2 Å². The zero-order chi connectivity index (χ0) is 17.1. The Bertz CT molecular complexity index is 609. The summed E-state index contributed by atoms with van der Waals surface area (Å²) in [6.45, 7) is 3.56. The lowest BCUT2D eigenvalue weighted by molar-refractivity contribution is -0.133. The molecular weight excluding hydrogens is 316 g/mol. The summed E-state index contributed by atoms with van der Waals surface area (Å²) >= 11 is 0. The van der Waals surface area contributed by atoms with E-state index in [1.165, 1.54) is 18.5 Å². The summed E-state index contributed by atoms with van der Waals surface area (Å²) < 4.78 is 7.76. The third-order valence-electron chi connectivity index (χ3n) is 5.29. The maximum atomic E-state index is 13.0. The lowest BCUT2D eigenvalue weighted by Crippen LogP contribution is -2.49. The second-order valence-electron chi connectivity index (χ2n) is 7.39. The Kier molecular flexibility index (Phi) is 5.17. The largest absolute Gasteiger partial charge is 0.374 e. The highest BCUT2D eigenvalue weighted by Gasteiger charge is 2.36. The minimum Gasteiger partial charge on any atom is -0.374 e. The molecule has 0 radical (unpaired) electrons. The van der Waals surface area contributed by atoms with Gasteiger partial charge in [0.25, 0.3) is 0 Å². The summed E-state index contributed by atoms with van der Waals surface area (Å²) in [7, 11) is 0. The number of ether oxygens (including phenoxy) is 1. The molecule has 0 bridgehead atoms. The molecule has 2 heterocycles. The van der Waals surface area contributed by atoms with Gasteiger partial charge in [0, 0.05) is 37.2 Å². The molecule has 4 rings (SSSR count). The van der Waals surface area contributed by atoms with Crippen molar-refractivity contribution >= 4 is 5.91 Å². The molecule has 1 aromatic heterocycles. The van der Waals surface area contributed by atoms with E-state index in [1.807, 2.05) is 16.9 Å². The second-order valence-corrected chi connectivity index (χ2v) is 7.39. The summed E-state index contributed by atoms with van der Waals surface area (Å²) in [6.07, 6.45) is 13.1. The first-order chi connectivity index (χ1) is 12.3. The molecule has 6 nitrogen and oxygen atoms in total. The van der Waals surface area contributed by atoms with Crippen molar-refractivity contribution in [3.05, 3.63) is 30.2 Å². The summed E-state index contributed by atoms with van der Waals surface area (Å²) in [6, 6.07) is 2.38. The number of nitrogens with zero attached hydrogens (tertiary/aromatic N) is 4. The van der Waals surface area contributed by atoms with Crippen LogP contribution in [0.2, 0.25) is 0 Å². The highest BCUT2D eigenvalue weighted by atomic mass is 16.5. The number of allylic oxidation sites excluding steroid dienone is 2. The quantitative estimate of drug-likeness (QED) is 0.792. The Morgan fingerprint density at radius 1 is 1.36 bits per heavy atom. The fourth-order valence-corrected chi connectivity index (χ4v) is 3.89. The lowest BCUT2D eigenvalue weighted by atomic mass is 10.0. The highest BCUT2D eigenvalue weighted by Crippen LogP contribution is 2.33. The summed E-state index contributed by atoms with van der Waals surface area (Å²) in [5, 5.41) is 4.25. The van der Waals surface area contributed by atoms with Crippen LogP contribution in [0.4, 0.5) is 0 Å². The van der Waals surface area contributed by atoms with Crippen LogP contribution >= 0.6 is 0 Å². The van der Waals surface area contributed by atoms with E-state index in [0.717, 1.165) is 45.3 Å². The average Bonchev–Trinajstić information content (AvgIpc) is 3.32. The van der Waals surface area contributed by atoms with Crippen LogP contribution in [0.15, 0.2) is 30.2 Å². The maximum Gasteiger partial charge on any atom is 0.241 e. The van der Waals surface area contributed by atoms with Crippen LogP contribution in [-0.4, -0.2) is 63.9 Å². The van der Waals surface area contributed by atoms with Gasteiger partial charge in [0.15, 0.2) is 0 Å². The molecule has 25 heavy (non-hydrogen) atoms. The van der Waals surface area contributed by atoms with Gasteiger partial charge in [-0.1, -0.05) is 6.08 Å². The Hall–Kier alpha value is -1.66. The Morgan fingerprint density at radius 2 is 2.28 bits per heavy atom. The number of carbonyl (C=O) groups excluding carboxylic acids is 1. The van der Waals surface area contributed by atoms with Crippen molar-refractivity contribution in [1.29, 1.82) is 0 Å². The van der Waals surface area contributed by atoms with Crippen LogP contribution in [0.25, 0.3) is 0 Å². The molecular formula is C19H28N4O2. The normalized spacial score (nSPS) is 24.8. The third-order valence-corrected chi connectivity index (χ3v) is 5.29. The number of morpholine rings is 1. The number of rotatable bonds is 6. The number of hydrogen-bond acceptors (Lipinski definition) is 4. The molecule has 0 unspecified atom stereocenters. The first kappa shape index (κ1) is 16.8. The maximum absolute atomic E-state index is 13.0. The van der Waals surface area contributed by atoms with E-state index in [4.69, 9.17) is 4.74 Å². The van der Waals surface area contributed by atoms with Gasteiger partial charge in [-0.05, 0) is 44.6 Å². The standard InChI is InChI=1S/C19H28N4O2/c24-19(23(17-7-8-17)16-5-2-1-3-6-16)15-21-11-12-25-18(13-21)14-22-10-4-9-20-22/h4-5,9-10,17-18H,1-3,6-8,11-15H2/t18-/m1/s1. The van der Waals surface area contributed by atoms with Crippen LogP contribution in [0.1, 0.15) is 38.5 Å². The molecule has 6 heteroatoms. The second kappa shape index (κ2) is 7.70. The van der Waals surface area contributed by atoms with E-state index in [-0.39, 0.29) is 12.0 Å². The Labute approximate surface area is 149 Å². The minimum atomic E-state index is 0.102. The molecule has 3 aliphatic rings. The fourth-order valence-electron chi connectivity index (χ4n) is 3.89. The summed E-state index contributed by atoms with van der Waals surface area (Å²) in [4.78, 5) is 17.4. The van der Waals surface area contributed by atoms with E-state index in [2.05, 4.69) is 21.0 Å². The monoisotopic (exact) mass is 344 g/mol. The van der Waals surface area contributed by atoms with E-state index in [9.17, 15) is 4.79 Å². The molecule has 1 saturated heterocycles. The lowest BCUT2D eigenvalue weighted by Gasteiger charge is -2.35. The van der Waals surface area contributed by atoms with E-state index in [1.54, 1.807) is 6.20 Å². The minimum absolute atomic E-state index is 0.102. The van der Waals surface area contributed by atoms with Gasteiger partial charge in [0.2, 0.25) is 5.91 Å². The zero-order valence-corrected chi connectivity index (χ0v) is 14.8. The van der Waals surface area contributed by atoms with Gasteiger partial charge in [-0.2, -0.15) is 5.10 Å². The molecule has 1 saturated carbocycles. The smallest absolute Gasteiger partial charge is 0.241 e. The van der Waals surface area contributed by atoms with Gasteiger partial charge >= 0.3 is 0 Å². The highest BCUT2D eigenvalue weighted by molar-refractivity contribution is 5.80. The molecule has 0 aromatic carbocycles. The van der Waals surface area contributed by atoms with Crippen molar-refractivity contribution in [3.63, 3.8) is 0 Å². The summed E-state index contributed by atoms with van der Waals surface area (Å²) in [5.41, 5.74) is 1.28. The average molecular weight is 344 g/mol. The van der Waals surface area contributed by atoms with Crippen molar-refractivity contribution in [1.82, 2.24) is 19.6 Å². The number of carbonyl (C=O) groups is 1. The van der Waals surface area contributed by atoms with E-state index >= 15 is 0 Å². The number of aromatic nitrogens is 2. The fraction of sp³-hybridized carbons (Fsp3) is 0.684. The van der Waals surface area contributed by atoms with Crippen LogP contribution < -0.4 is 0 Å². The van der Waals surface area contributed by atoms with Crippen molar-refractivity contribution in [3.8, 4) is 0 Å². The molecule has 1 atom stereocenters. The van der Waals surface area contributed by atoms with Gasteiger partial charge in [0.05, 0.1) is 25.8 Å². The molecule has 0 N–H and O–H groups in total. The van der Waals surface area contributed by atoms with Crippen LogP contribution in [0, 0.1) is 0 Å². The predicted molar refractivity (Wildman–Crippen MR) is 94.8 cm³/mol. The molecule has 0 spiro atoms. The zero-order valence-electron chi connectivity index (χ0n) is 14.8. The molecule has 136 valence electrons. The number of hydrogen-bond donors (Lipinski definition) is 0. The SMILES string of the molecule is O=C(CN1CCO[C@@H](Cn2cccn2)C1)N(C1=CCCCC1)C1CC1. The van der Waals surface area contributed by atoms with Crippen molar-refractivity contribution in [2.75, 3.05) is 26.2 Å². The van der Waals surface area contributed by atoms with E-state index < -0.39 is 0 Å². The van der Waals surface area contributed by atoms with Gasteiger partial charge in [-0.3, -0.25) is 14.4 Å². The van der Waals surface area contributed by atoms with Crippen LogP contribution in [0.3, 0.4) is 0 Å². The Balaban J connectivity index is 1.35. The molecule has 1 amide bonds. The molecule has 1 aromatic rings. The van der Waals surface area contributed by atoms with Crippen LogP contribution in [0.5, 0.6) is 0 Å². The van der Waals surface area contributed by atoms with Gasteiger partial charge in [-0.15, -0.1) is 0 Å². The summed E-state index contributed by atoms with van der Waals surface area (Å²) in [5.74, 6) is 0.274. The van der Waals surface area contributed by atoms with Crippen LogP contribution in [-0.2, 0) is 16.1 Å². The molecule has 2 fully saturated rings. The predicted octanol–water partition coefficient (Wildman–Crippen LogP) is 2.03. The third kappa shape index (κ3) is 4.30. The molecule has 2 aliphatic carbocycles. The van der Waals surface area contributed by atoms with Crippen molar-refractivity contribution < 1.29 is 9.53 Å². The number of amides is 1.